The van der Waals surface area contributed by atoms with Crippen LogP contribution in [0, 0.1) is 0 Å². The third kappa shape index (κ3) is 5.27. The van der Waals surface area contributed by atoms with E-state index in [1.807, 2.05) is 97.1 Å². The lowest BCUT2D eigenvalue weighted by atomic mass is 9.59. The molecule has 0 aliphatic carbocycles. The third-order valence-corrected chi connectivity index (χ3v) is 10.2. The summed E-state index contributed by atoms with van der Waals surface area (Å²) in [5.41, 5.74) is 9.45. The topological polar surface area (TPSA) is 65.0 Å². The van der Waals surface area contributed by atoms with Crippen molar-refractivity contribution in [3.8, 4) is 56.4 Å². The maximum absolute atomic E-state index is 6.70. The zero-order valence-corrected chi connectivity index (χ0v) is 29.2. The molecule has 0 spiro atoms. The number of aromatic nitrogens is 3. The first-order chi connectivity index (χ1) is 26.9. The Labute approximate surface area is 322 Å². The number of benzene rings is 7. The molecule has 5 nitrogen and oxygen atoms in total. The summed E-state index contributed by atoms with van der Waals surface area (Å²) in [6.07, 6.45) is 0. The van der Waals surface area contributed by atoms with Gasteiger partial charge in [0.05, 0.1) is 5.56 Å². The van der Waals surface area contributed by atoms with Crippen molar-refractivity contribution in [1.29, 1.82) is 0 Å². The van der Waals surface area contributed by atoms with Crippen molar-refractivity contribution in [2.45, 2.75) is 0 Å². The summed E-state index contributed by atoms with van der Waals surface area (Å²) < 4.78 is 13.2. The van der Waals surface area contributed by atoms with Crippen LogP contribution in [-0.4, -0.2) is 54.2 Å². The van der Waals surface area contributed by atoms with Gasteiger partial charge in [-0.2, -0.15) is 0 Å². The molecule has 3 aromatic heterocycles. The molecular formula is C45H22B5N3O2. The zero-order valence-electron chi connectivity index (χ0n) is 29.2. The van der Waals surface area contributed by atoms with Gasteiger partial charge >= 0.3 is 0 Å². The summed E-state index contributed by atoms with van der Waals surface area (Å²) in [6, 6.07) is 43.8. The first-order valence-corrected chi connectivity index (χ1v) is 17.6. The number of hydrogen-bond donors (Lipinski definition) is 0. The molecule has 3 heterocycles. The predicted octanol–water partition coefficient (Wildman–Crippen LogP) is 5.97. The summed E-state index contributed by atoms with van der Waals surface area (Å²) in [6.45, 7) is 0. The molecule has 244 valence electrons. The van der Waals surface area contributed by atoms with Gasteiger partial charge < -0.3 is 8.83 Å². The van der Waals surface area contributed by atoms with E-state index >= 15 is 0 Å². The van der Waals surface area contributed by atoms with Crippen molar-refractivity contribution in [3.05, 3.63) is 133 Å². The lowest BCUT2D eigenvalue weighted by Crippen LogP contribution is -2.55. The Morgan fingerprint density at radius 3 is 1.67 bits per heavy atom. The standard InChI is InChI=1S/C45H22B5N3O2/c46-36-34(37(47)39(49)40(50)38(36)48)24-12-6-13-25(22-24)44-51-43(23-10-2-1-3-11-23)52-45(53-44)31-19-8-18-30-35-27(15-9-21-33(35)55-42(30)31)29-17-7-16-28-26-14-4-5-20-32(26)54-41(28)29/h1-22H. The minimum atomic E-state index is 0.156. The van der Waals surface area contributed by atoms with Gasteiger partial charge in [0, 0.05) is 38.2 Å². The highest BCUT2D eigenvalue weighted by molar-refractivity contribution is 6.68. The van der Waals surface area contributed by atoms with E-state index in [1.165, 1.54) is 0 Å². The molecule has 0 fully saturated rings. The Morgan fingerprint density at radius 1 is 0.364 bits per heavy atom. The maximum atomic E-state index is 6.70. The molecule has 0 saturated heterocycles. The van der Waals surface area contributed by atoms with E-state index in [2.05, 4.69) is 36.4 Å². The van der Waals surface area contributed by atoms with E-state index in [-0.39, 0.29) is 27.3 Å². The normalized spacial score (nSPS) is 11.6. The van der Waals surface area contributed by atoms with Crippen molar-refractivity contribution in [2.75, 3.05) is 0 Å². The second kappa shape index (κ2) is 12.8. The van der Waals surface area contributed by atoms with Gasteiger partial charge in [0.15, 0.2) is 17.5 Å². The van der Waals surface area contributed by atoms with E-state index in [0.717, 1.165) is 55.0 Å². The summed E-state index contributed by atoms with van der Waals surface area (Å²) in [7, 11) is 31.5. The van der Waals surface area contributed by atoms with E-state index in [1.54, 1.807) is 0 Å². The van der Waals surface area contributed by atoms with Gasteiger partial charge in [0.1, 0.15) is 61.6 Å². The van der Waals surface area contributed by atoms with E-state index in [4.69, 9.17) is 63.0 Å². The molecule has 0 aliphatic heterocycles. The summed E-state index contributed by atoms with van der Waals surface area (Å²) in [4.78, 5) is 15.0. The molecule has 0 atom stereocenters. The van der Waals surface area contributed by atoms with Gasteiger partial charge in [-0.05, 0) is 41.0 Å². The van der Waals surface area contributed by atoms with E-state index in [0.29, 0.717) is 45.3 Å². The van der Waals surface area contributed by atoms with Gasteiger partial charge in [0.2, 0.25) is 0 Å². The van der Waals surface area contributed by atoms with Gasteiger partial charge in [-0.1, -0.05) is 120 Å². The highest BCUT2D eigenvalue weighted by atomic mass is 16.3. The predicted molar refractivity (Wildman–Crippen MR) is 229 cm³/mol. The molecule has 0 amide bonds. The Kier molecular flexibility index (Phi) is 7.70. The Balaban J connectivity index is 1.18. The molecular weight excluding hydrogens is 669 g/mol. The van der Waals surface area contributed by atoms with Crippen molar-refractivity contribution in [3.63, 3.8) is 0 Å². The number of hydrogen-bond acceptors (Lipinski definition) is 5. The average Bonchev–Trinajstić information content (AvgIpc) is 3.81. The van der Waals surface area contributed by atoms with Crippen LogP contribution in [0.4, 0.5) is 0 Å². The molecule has 10 rings (SSSR count). The van der Waals surface area contributed by atoms with Crippen LogP contribution in [0.3, 0.4) is 0 Å². The number of rotatable bonds is 5. The monoisotopic (exact) mass is 691 g/mol. The van der Waals surface area contributed by atoms with Gasteiger partial charge in [-0.3, -0.25) is 0 Å². The summed E-state index contributed by atoms with van der Waals surface area (Å²) in [5.74, 6) is 1.38. The average molecular weight is 691 g/mol. The lowest BCUT2D eigenvalue weighted by molar-refractivity contribution is 0.669. The number of para-hydroxylation sites is 3. The fourth-order valence-corrected chi connectivity index (χ4v) is 7.52. The quantitative estimate of drug-likeness (QED) is 0.208. The Morgan fingerprint density at radius 2 is 0.873 bits per heavy atom. The summed E-state index contributed by atoms with van der Waals surface area (Å²) >= 11 is 0. The molecule has 0 aliphatic rings. The second-order valence-electron chi connectivity index (χ2n) is 13.4. The van der Waals surface area contributed by atoms with Crippen molar-refractivity contribution < 1.29 is 8.83 Å². The van der Waals surface area contributed by atoms with Crippen LogP contribution in [0.1, 0.15) is 0 Å². The van der Waals surface area contributed by atoms with Crippen LogP contribution in [-0.2, 0) is 0 Å². The first kappa shape index (κ1) is 33.1. The molecule has 10 heteroatoms. The third-order valence-electron chi connectivity index (χ3n) is 10.2. The molecule has 0 unspecified atom stereocenters. The van der Waals surface area contributed by atoms with Crippen molar-refractivity contribution in [1.82, 2.24) is 15.0 Å². The van der Waals surface area contributed by atoms with Crippen LogP contribution >= 0.6 is 0 Å². The highest BCUT2D eigenvalue weighted by Gasteiger charge is 2.22. The number of furan rings is 2. The van der Waals surface area contributed by atoms with Crippen molar-refractivity contribution >= 4 is 110 Å². The molecule has 10 radical (unpaired) electrons. The molecule has 0 bridgehead atoms. The van der Waals surface area contributed by atoms with Gasteiger partial charge in [0.25, 0.3) is 0 Å². The van der Waals surface area contributed by atoms with Crippen LogP contribution in [0.2, 0.25) is 0 Å². The largest absolute Gasteiger partial charge is 0.455 e. The van der Waals surface area contributed by atoms with Crippen molar-refractivity contribution in [2.24, 2.45) is 0 Å². The van der Waals surface area contributed by atoms with Crippen LogP contribution in [0.25, 0.3) is 100 Å². The van der Waals surface area contributed by atoms with E-state index < -0.39 is 0 Å². The van der Waals surface area contributed by atoms with Crippen LogP contribution in [0.15, 0.2) is 142 Å². The second-order valence-corrected chi connectivity index (χ2v) is 13.4. The van der Waals surface area contributed by atoms with Crippen LogP contribution in [0.5, 0.6) is 0 Å². The van der Waals surface area contributed by atoms with Crippen LogP contribution < -0.4 is 27.3 Å². The molecule has 0 N–H and O–H groups in total. The molecule has 55 heavy (non-hydrogen) atoms. The zero-order chi connectivity index (χ0) is 37.4. The Bertz CT molecular complexity index is 3150. The fourth-order valence-electron chi connectivity index (χ4n) is 7.52. The molecule has 10 aromatic rings. The highest BCUT2D eigenvalue weighted by Crippen LogP contribution is 2.43. The first-order valence-electron chi connectivity index (χ1n) is 17.6. The van der Waals surface area contributed by atoms with E-state index in [9.17, 15) is 0 Å². The molecule has 0 saturated carbocycles. The minimum Gasteiger partial charge on any atom is -0.455 e. The van der Waals surface area contributed by atoms with Gasteiger partial charge in [-0.25, -0.2) is 15.0 Å². The minimum absolute atomic E-state index is 0.156. The fraction of sp³-hybridized carbons (Fsp3) is 0. The molecule has 7 aromatic carbocycles. The Hall–Kier alpha value is -6.53. The summed E-state index contributed by atoms with van der Waals surface area (Å²) in [5, 5.41) is 4.02. The maximum Gasteiger partial charge on any atom is 0.167 e. The number of nitrogens with zero attached hydrogens (tertiary/aromatic N) is 3. The lowest BCUT2D eigenvalue weighted by Gasteiger charge is -2.21. The smallest absolute Gasteiger partial charge is 0.167 e. The van der Waals surface area contributed by atoms with Gasteiger partial charge in [-0.15, -0.1) is 16.4 Å². The SMILES string of the molecule is [B]c1c([B])c([B])c(-c2cccc(-c3nc(-c4ccccc4)nc(-c4cccc5c4oc4cccc(-c6cccc7c6oc6ccccc67)c45)n3)c2)c([B])c1[B]. The number of fused-ring (bicyclic) bond motifs is 6.